The first-order valence-electron chi connectivity index (χ1n) is 13.6. The van der Waals surface area contributed by atoms with E-state index in [9.17, 15) is 14.9 Å². The molecule has 0 saturated carbocycles. The van der Waals surface area contributed by atoms with Crippen molar-refractivity contribution in [1.82, 2.24) is 0 Å². The van der Waals surface area contributed by atoms with Crippen LogP contribution in [0.2, 0.25) is 0 Å². The Morgan fingerprint density at radius 2 is 1.89 bits per heavy atom. The maximum atomic E-state index is 13.9. The zero-order valence-electron chi connectivity index (χ0n) is 22.6. The van der Waals surface area contributed by atoms with Crippen LogP contribution in [0, 0.1) is 16.7 Å². The van der Waals surface area contributed by atoms with E-state index in [0.717, 1.165) is 48.9 Å². The van der Waals surface area contributed by atoms with Crippen molar-refractivity contribution in [2.24, 2.45) is 11.1 Å². The molecule has 0 fully saturated rings. The molecule has 1 aliphatic heterocycles. The van der Waals surface area contributed by atoms with E-state index in [1.54, 1.807) is 18.3 Å². The number of esters is 1. The summed E-state index contributed by atoms with van der Waals surface area (Å²) in [5.74, 6) is -0.564. The minimum atomic E-state index is -0.526. The Bertz CT molecular complexity index is 1400. The lowest BCUT2D eigenvalue weighted by Crippen LogP contribution is -2.42. The molecule has 0 saturated heterocycles. The molecule has 0 amide bonds. The fourth-order valence-electron chi connectivity index (χ4n) is 6.14. The number of hydrogen-bond acceptors (Lipinski definition) is 7. The Hall–Kier alpha value is -3.37. The number of nitrogens with zero attached hydrogens (tertiary/aromatic N) is 2. The monoisotopic (exact) mass is 529 g/mol. The summed E-state index contributed by atoms with van der Waals surface area (Å²) >= 11 is 1.55. The zero-order chi connectivity index (χ0) is 27.2. The minimum absolute atomic E-state index is 0.0325. The predicted molar refractivity (Wildman–Crippen MR) is 150 cm³/mol. The molecule has 6 nitrogen and oxygen atoms in total. The lowest BCUT2D eigenvalue weighted by Gasteiger charge is -2.43. The fourth-order valence-corrected chi connectivity index (χ4v) is 7.56. The number of fused-ring (bicyclic) bond motifs is 1. The maximum absolute atomic E-state index is 13.9. The number of allylic oxidation sites excluding steroid dienone is 3. The quantitative estimate of drug-likeness (QED) is 0.456. The molecular weight excluding hydrogens is 494 g/mol. The third-order valence-electron chi connectivity index (χ3n) is 7.94. The molecule has 2 heterocycles. The number of benzene rings is 1. The van der Waals surface area contributed by atoms with Gasteiger partial charge in [-0.05, 0) is 67.6 Å². The summed E-state index contributed by atoms with van der Waals surface area (Å²) in [6.45, 7) is 8.34. The number of Topliss-reactive ketones (excluding diaryl/α,β-unsaturated/α-hetero) is 1. The number of anilines is 1. The van der Waals surface area contributed by atoms with Gasteiger partial charge in [0.15, 0.2) is 5.78 Å². The van der Waals surface area contributed by atoms with Crippen molar-refractivity contribution in [3.8, 4) is 6.07 Å². The highest BCUT2D eigenvalue weighted by Crippen LogP contribution is 2.53. The SMILES string of the molecule is CCOC(=O)c1c(N2C(N)=C(C#N)[C@H](c3ccc(CC)cc3)C3=C2CC(C)(C)CC3=O)sc2c1CCCC2. The molecule has 0 bridgehead atoms. The highest BCUT2D eigenvalue weighted by Gasteiger charge is 2.46. The van der Waals surface area contributed by atoms with Gasteiger partial charge in [0.05, 0.1) is 29.7 Å². The Kier molecular flexibility index (Phi) is 6.96. The average Bonchev–Trinajstić information content (AvgIpc) is 3.26. The van der Waals surface area contributed by atoms with Crippen LogP contribution in [0.15, 0.2) is 46.9 Å². The van der Waals surface area contributed by atoms with Crippen LogP contribution >= 0.6 is 11.3 Å². The number of thiophene rings is 1. The van der Waals surface area contributed by atoms with Crippen LogP contribution in [0.1, 0.15) is 91.2 Å². The summed E-state index contributed by atoms with van der Waals surface area (Å²) in [4.78, 5) is 30.2. The van der Waals surface area contributed by atoms with Crippen molar-refractivity contribution in [1.29, 1.82) is 5.26 Å². The van der Waals surface area contributed by atoms with Gasteiger partial charge in [0.2, 0.25) is 0 Å². The molecular formula is C31H35N3O3S. The molecule has 0 unspecified atom stereocenters. The van der Waals surface area contributed by atoms with E-state index in [0.29, 0.717) is 40.4 Å². The number of carbonyl (C=O) groups excluding carboxylic acids is 2. The second-order valence-electron chi connectivity index (χ2n) is 11.2. The van der Waals surface area contributed by atoms with Crippen molar-refractivity contribution in [2.75, 3.05) is 11.5 Å². The van der Waals surface area contributed by atoms with Gasteiger partial charge < -0.3 is 10.5 Å². The van der Waals surface area contributed by atoms with Crippen LogP contribution in [0.25, 0.3) is 0 Å². The van der Waals surface area contributed by atoms with Crippen LogP contribution < -0.4 is 10.6 Å². The Morgan fingerprint density at radius 3 is 2.55 bits per heavy atom. The van der Waals surface area contributed by atoms with Gasteiger partial charge in [-0.2, -0.15) is 5.26 Å². The van der Waals surface area contributed by atoms with Gasteiger partial charge >= 0.3 is 5.97 Å². The second-order valence-corrected chi connectivity index (χ2v) is 12.3. The highest BCUT2D eigenvalue weighted by atomic mass is 32.1. The van der Waals surface area contributed by atoms with Gasteiger partial charge in [-0.25, -0.2) is 4.79 Å². The first-order valence-corrected chi connectivity index (χ1v) is 14.4. The minimum Gasteiger partial charge on any atom is -0.462 e. The van der Waals surface area contributed by atoms with Gasteiger partial charge in [0, 0.05) is 22.6 Å². The summed E-state index contributed by atoms with van der Waals surface area (Å²) in [6, 6.07) is 10.5. The van der Waals surface area contributed by atoms with Gasteiger partial charge in [-0.3, -0.25) is 9.69 Å². The molecule has 1 aromatic heterocycles. The summed E-state index contributed by atoms with van der Waals surface area (Å²) in [6.07, 6.45) is 5.71. The third kappa shape index (κ3) is 4.35. The molecule has 0 radical (unpaired) electrons. The van der Waals surface area contributed by atoms with E-state index in [1.807, 2.05) is 17.0 Å². The van der Waals surface area contributed by atoms with Crippen molar-refractivity contribution in [2.45, 2.75) is 78.6 Å². The van der Waals surface area contributed by atoms with Crippen molar-refractivity contribution in [3.63, 3.8) is 0 Å². The van der Waals surface area contributed by atoms with Crippen molar-refractivity contribution in [3.05, 3.63) is 74.1 Å². The van der Waals surface area contributed by atoms with E-state index < -0.39 is 5.92 Å². The summed E-state index contributed by atoms with van der Waals surface area (Å²) in [7, 11) is 0. The Labute approximate surface area is 228 Å². The fraction of sp³-hybridized carbons (Fsp3) is 0.452. The number of nitriles is 1. The molecule has 5 rings (SSSR count). The standard InChI is InChI=1S/C31H35N3O3S/c1-5-18-11-13-19(14-12-18)25-21(17-32)28(33)34(22-15-31(3,4)16-23(35)27(22)25)29-26(30(36)37-6-2)20-9-7-8-10-24(20)38-29/h11-14,25H,5-10,15-16,33H2,1-4H3/t25-/m0/s1. The number of rotatable bonds is 5. The van der Waals surface area contributed by atoms with E-state index >= 15 is 0 Å². The van der Waals surface area contributed by atoms with E-state index in [1.165, 1.54) is 10.4 Å². The molecule has 2 aromatic rings. The molecule has 38 heavy (non-hydrogen) atoms. The Morgan fingerprint density at radius 1 is 1.18 bits per heavy atom. The number of nitrogens with two attached hydrogens (primary N) is 1. The maximum Gasteiger partial charge on any atom is 0.341 e. The van der Waals surface area contributed by atoms with Crippen molar-refractivity contribution < 1.29 is 14.3 Å². The topological polar surface area (TPSA) is 96.4 Å². The zero-order valence-corrected chi connectivity index (χ0v) is 23.5. The van der Waals surface area contributed by atoms with Crippen LogP contribution in [-0.2, 0) is 28.8 Å². The van der Waals surface area contributed by atoms with Gasteiger partial charge in [0.1, 0.15) is 10.8 Å². The molecule has 0 spiro atoms. The third-order valence-corrected chi connectivity index (χ3v) is 9.21. The predicted octanol–water partition coefficient (Wildman–Crippen LogP) is 6.31. The lowest BCUT2D eigenvalue weighted by atomic mass is 9.68. The summed E-state index contributed by atoms with van der Waals surface area (Å²) in [5.41, 5.74) is 12.0. The molecule has 7 heteroatoms. The average molecular weight is 530 g/mol. The van der Waals surface area contributed by atoms with Crippen LogP contribution in [0.4, 0.5) is 5.00 Å². The number of hydrogen-bond donors (Lipinski definition) is 1. The highest BCUT2D eigenvalue weighted by molar-refractivity contribution is 7.16. The molecule has 198 valence electrons. The summed E-state index contributed by atoms with van der Waals surface area (Å²) < 4.78 is 5.52. The molecule has 2 aliphatic carbocycles. The van der Waals surface area contributed by atoms with Crippen molar-refractivity contribution >= 4 is 28.1 Å². The largest absolute Gasteiger partial charge is 0.462 e. The lowest BCUT2D eigenvalue weighted by molar-refractivity contribution is -0.118. The number of carbonyl (C=O) groups is 2. The molecule has 3 aliphatic rings. The van der Waals surface area contributed by atoms with E-state index in [4.69, 9.17) is 10.5 Å². The van der Waals surface area contributed by atoms with Gasteiger partial charge in [-0.15, -0.1) is 11.3 Å². The normalized spacial score (nSPS) is 20.7. The van der Waals surface area contributed by atoms with E-state index in [2.05, 4.69) is 39.0 Å². The van der Waals surface area contributed by atoms with Crippen LogP contribution in [-0.4, -0.2) is 18.4 Å². The molecule has 1 atom stereocenters. The summed E-state index contributed by atoms with van der Waals surface area (Å²) in [5, 5.41) is 11.1. The first-order chi connectivity index (χ1) is 18.2. The smallest absolute Gasteiger partial charge is 0.341 e. The first kappa shape index (κ1) is 26.2. The number of ketones is 1. The number of ether oxygens (including phenoxy) is 1. The second kappa shape index (κ2) is 10.1. The number of aryl methyl sites for hydroxylation is 2. The van der Waals surface area contributed by atoms with Crippen LogP contribution in [0.3, 0.4) is 0 Å². The van der Waals surface area contributed by atoms with E-state index in [-0.39, 0.29) is 23.8 Å². The Balaban J connectivity index is 1.77. The molecule has 1 aromatic carbocycles. The molecule has 2 N–H and O–H groups in total. The van der Waals surface area contributed by atoms with Gasteiger partial charge in [-0.1, -0.05) is 45.0 Å². The van der Waals surface area contributed by atoms with Gasteiger partial charge in [0.25, 0.3) is 0 Å². The van der Waals surface area contributed by atoms with Crippen LogP contribution in [0.5, 0.6) is 0 Å².